The number of carboxylic acids is 1. The lowest BCUT2D eigenvalue weighted by atomic mass is 10.0. The number of benzene rings is 1. The Bertz CT molecular complexity index is 629. The predicted molar refractivity (Wildman–Crippen MR) is 66.9 cm³/mol. The first kappa shape index (κ1) is 9.95. The number of H-pyrrole nitrogens is 1. The van der Waals surface area contributed by atoms with Crippen molar-refractivity contribution in [2.75, 3.05) is 0 Å². The van der Waals surface area contributed by atoms with Gasteiger partial charge in [0.15, 0.2) is 0 Å². The molecule has 0 bridgehead atoms. The topological polar surface area (TPSA) is 53.1 Å². The van der Waals surface area contributed by atoms with Gasteiger partial charge in [0.2, 0.25) is 0 Å². The van der Waals surface area contributed by atoms with E-state index in [0.717, 1.165) is 12.1 Å². The van der Waals surface area contributed by atoms with Crippen molar-refractivity contribution >= 4 is 5.97 Å². The second-order valence-electron chi connectivity index (χ2n) is 5.25. The summed E-state index contributed by atoms with van der Waals surface area (Å²) in [6.07, 6.45) is 0.993. The molecule has 0 radical (unpaired) electrons. The number of carbonyl (C=O) groups is 1. The van der Waals surface area contributed by atoms with Gasteiger partial charge in [-0.15, -0.1) is 0 Å². The maximum Gasteiger partial charge on any atom is 0.352 e. The lowest BCUT2D eigenvalue weighted by Gasteiger charge is -2.03. The number of aromatic nitrogens is 1. The van der Waals surface area contributed by atoms with Crippen molar-refractivity contribution < 1.29 is 9.90 Å². The molecule has 2 N–H and O–H groups in total. The van der Waals surface area contributed by atoms with Gasteiger partial charge in [0.1, 0.15) is 5.69 Å². The Hall–Kier alpha value is -2.03. The average molecular weight is 239 g/mol. The molecule has 90 valence electrons. The van der Waals surface area contributed by atoms with Gasteiger partial charge in [-0.05, 0) is 41.4 Å². The molecule has 2 aliphatic rings. The van der Waals surface area contributed by atoms with E-state index in [9.17, 15) is 4.79 Å². The van der Waals surface area contributed by atoms with Gasteiger partial charge in [-0.3, -0.25) is 0 Å². The summed E-state index contributed by atoms with van der Waals surface area (Å²) in [5.41, 5.74) is 4.08. The van der Waals surface area contributed by atoms with E-state index in [4.69, 9.17) is 5.11 Å². The van der Waals surface area contributed by atoms with E-state index in [1.54, 1.807) is 0 Å². The number of fused-ring (bicyclic) bond motifs is 3. The molecule has 3 nitrogen and oxygen atoms in total. The first-order chi connectivity index (χ1) is 8.75. The number of aromatic carboxylic acids is 1. The summed E-state index contributed by atoms with van der Waals surface area (Å²) in [6.45, 7) is 0. The molecule has 0 saturated heterocycles. The molecule has 4 rings (SSSR count). The molecule has 0 aliphatic heterocycles. The molecule has 1 fully saturated rings. The Balaban J connectivity index is 1.68. The van der Waals surface area contributed by atoms with E-state index in [0.29, 0.717) is 23.4 Å². The normalized spacial score (nSPS) is 27.7. The van der Waals surface area contributed by atoms with Crippen LogP contribution in [-0.4, -0.2) is 16.1 Å². The number of hydrogen-bond donors (Lipinski definition) is 2. The minimum Gasteiger partial charge on any atom is -0.477 e. The Morgan fingerprint density at radius 1 is 1.22 bits per heavy atom. The molecule has 2 aromatic rings. The molecule has 1 aromatic heterocycles. The lowest BCUT2D eigenvalue weighted by Crippen LogP contribution is -1.97. The van der Waals surface area contributed by atoms with Crippen LogP contribution in [0.5, 0.6) is 0 Å². The Morgan fingerprint density at radius 3 is 2.72 bits per heavy atom. The SMILES string of the molecule is O=C(O)c1cc2c([nH]1)C[C@H]1[C@@H]2[C@H]1c1ccccc1. The summed E-state index contributed by atoms with van der Waals surface area (Å²) in [4.78, 5) is 14.0. The second-order valence-corrected chi connectivity index (χ2v) is 5.25. The highest BCUT2D eigenvalue weighted by molar-refractivity contribution is 5.86. The first-order valence-electron chi connectivity index (χ1n) is 6.25. The van der Waals surface area contributed by atoms with Crippen LogP contribution in [0.2, 0.25) is 0 Å². The zero-order valence-corrected chi connectivity index (χ0v) is 9.76. The molecule has 0 spiro atoms. The van der Waals surface area contributed by atoms with Crippen molar-refractivity contribution in [2.24, 2.45) is 5.92 Å². The highest BCUT2D eigenvalue weighted by atomic mass is 16.4. The number of aromatic amines is 1. The smallest absolute Gasteiger partial charge is 0.352 e. The van der Waals surface area contributed by atoms with E-state index in [-0.39, 0.29) is 0 Å². The summed E-state index contributed by atoms with van der Waals surface area (Å²) >= 11 is 0. The Morgan fingerprint density at radius 2 is 2.00 bits per heavy atom. The van der Waals surface area contributed by atoms with E-state index in [2.05, 4.69) is 29.2 Å². The van der Waals surface area contributed by atoms with Gasteiger partial charge in [0.05, 0.1) is 0 Å². The monoisotopic (exact) mass is 239 g/mol. The third-order valence-electron chi connectivity index (χ3n) is 4.32. The molecule has 18 heavy (non-hydrogen) atoms. The molecular formula is C15H13NO2. The van der Waals surface area contributed by atoms with Gasteiger partial charge >= 0.3 is 5.97 Å². The highest BCUT2D eigenvalue weighted by Crippen LogP contribution is 2.66. The van der Waals surface area contributed by atoms with Gasteiger partial charge in [-0.2, -0.15) is 0 Å². The number of rotatable bonds is 2. The fraction of sp³-hybridized carbons (Fsp3) is 0.267. The molecule has 0 amide bonds. The molecule has 3 heteroatoms. The van der Waals surface area contributed by atoms with Crippen molar-refractivity contribution in [3.63, 3.8) is 0 Å². The molecule has 0 unspecified atom stereocenters. The molecule has 2 aliphatic carbocycles. The van der Waals surface area contributed by atoms with Gasteiger partial charge < -0.3 is 10.1 Å². The maximum absolute atomic E-state index is 10.9. The van der Waals surface area contributed by atoms with Crippen molar-refractivity contribution in [1.82, 2.24) is 4.98 Å². The van der Waals surface area contributed by atoms with Crippen LogP contribution in [0.3, 0.4) is 0 Å². The minimum absolute atomic E-state index is 0.331. The molecule has 3 atom stereocenters. The Labute approximate surface area is 104 Å². The molecule has 1 aromatic carbocycles. The van der Waals surface area contributed by atoms with E-state index in [1.807, 2.05) is 12.1 Å². The van der Waals surface area contributed by atoms with Crippen LogP contribution >= 0.6 is 0 Å². The average Bonchev–Trinajstić information content (AvgIpc) is 2.75. The van der Waals surface area contributed by atoms with E-state index < -0.39 is 5.97 Å². The predicted octanol–water partition coefficient (Wildman–Crippen LogP) is 2.77. The minimum atomic E-state index is -0.863. The fourth-order valence-electron chi connectivity index (χ4n) is 3.51. The van der Waals surface area contributed by atoms with Gasteiger partial charge in [0.25, 0.3) is 0 Å². The highest BCUT2D eigenvalue weighted by Gasteiger charge is 2.56. The number of nitrogens with one attached hydrogen (secondary N) is 1. The summed E-state index contributed by atoms with van der Waals surface area (Å²) in [6, 6.07) is 12.4. The number of hydrogen-bond acceptors (Lipinski definition) is 1. The van der Waals surface area contributed by atoms with Crippen LogP contribution in [0.25, 0.3) is 0 Å². The maximum atomic E-state index is 10.9. The van der Waals surface area contributed by atoms with Crippen LogP contribution in [0.15, 0.2) is 36.4 Å². The third kappa shape index (κ3) is 1.22. The van der Waals surface area contributed by atoms with Gasteiger partial charge in [-0.25, -0.2) is 4.79 Å². The summed E-state index contributed by atoms with van der Waals surface area (Å²) in [7, 11) is 0. The van der Waals surface area contributed by atoms with Gasteiger partial charge in [-0.1, -0.05) is 30.3 Å². The second kappa shape index (κ2) is 3.25. The fourth-order valence-corrected chi connectivity index (χ4v) is 3.51. The van der Waals surface area contributed by atoms with E-state index >= 15 is 0 Å². The number of carboxylic acid groups (broad SMARTS) is 1. The summed E-state index contributed by atoms with van der Waals surface area (Å²) in [5.74, 6) is 0.942. The molecule has 1 heterocycles. The third-order valence-corrected chi connectivity index (χ3v) is 4.32. The van der Waals surface area contributed by atoms with Crippen LogP contribution < -0.4 is 0 Å². The summed E-state index contributed by atoms with van der Waals surface area (Å²) < 4.78 is 0. The van der Waals surface area contributed by atoms with Crippen molar-refractivity contribution in [2.45, 2.75) is 18.3 Å². The lowest BCUT2D eigenvalue weighted by molar-refractivity contribution is 0.0691. The van der Waals surface area contributed by atoms with Crippen molar-refractivity contribution in [1.29, 1.82) is 0 Å². The first-order valence-corrected chi connectivity index (χ1v) is 6.25. The van der Waals surface area contributed by atoms with E-state index in [1.165, 1.54) is 11.1 Å². The largest absolute Gasteiger partial charge is 0.477 e. The summed E-state index contributed by atoms with van der Waals surface area (Å²) in [5, 5.41) is 8.99. The zero-order chi connectivity index (χ0) is 12.3. The molecular weight excluding hydrogens is 226 g/mol. The van der Waals surface area contributed by atoms with Crippen LogP contribution in [-0.2, 0) is 6.42 Å². The van der Waals surface area contributed by atoms with Crippen LogP contribution in [0.1, 0.15) is 39.1 Å². The Kier molecular flexibility index (Phi) is 1.80. The zero-order valence-electron chi connectivity index (χ0n) is 9.76. The van der Waals surface area contributed by atoms with Crippen molar-refractivity contribution in [3.05, 3.63) is 58.9 Å². The standard InChI is InChI=1S/C15H13NO2/c17-15(18)12-6-9-11(16-12)7-10-13(14(9)10)8-4-2-1-3-5-8/h1-6,10,13-14,16H,7H2,(H,17,18)/t10-,13+,14-/m1/s1. The van der Waals surface area contributed by atoms with Crippen LogP contribution in [0.4, 0.5) is 0 Å². The van der Waals surface area contributed by atoms with Crippen molar-refractivity contribution in [3.8, 4) is 0 Å². The molecule has 1 saturated carbocycles. The van der Waals surface area contributed by atoms with Crippen LogP contribution in [0, 0.1) is 5.92 Å². The van der Waals surface area contributed by atoms with Gasteiger partial charge in [0, 0.05) is 5.69 Å². The quantitative estimate of drug-likeness (QED) is 0.846.